The molecule has 0 saturated carbocycles. The van der Waals surface area contributed by atoms with Crippen LogP contribution in [-0.4, -0.2) is 56.4 Å². The average Bonchev–Trinajstić information content (AvgIpc) is 2.00. The molecule has 0 aliphatic rings. The standard InChI is InChI=1S/C5H10O6/c6-1-2(7)3(8)4(9)5(10)11/h2-4,6-9H,1H2,(H,10,11)/t2-,3-,4-/m0/s1. The number of hydrogen-bond donors (Lipinski definition) is 5. The van der Waals surface area contributed by atoms with Crippen molar-refractivity contribution in [1.82, 2.24) is 0 Å². The molecule has 0 aromatic rings. The maximum atomic E-state index is 9.96. The van der Waals surface area contributed by atoms with Gasteiger partial charge in [-0.25, -0.2) is 4.79 Å². The molecule has 6 heteroatoms. The molecular weight excluding hydrogens is 156 g/mol. The minimum Gasteiger partial charge on any atom is -0.479 e. The van der Waals surface area contributed by atoms with E-state index in [0.717, 1.165) is 0 Å². The van der Waals surface area contributed by atoms with Gasteiger partial charge in [0.05, 0.1) is 6.61 Å². The predicted molar refractivity (Wildman–Crippen MR) is 32.7 cm³/mol. The van der Waals surface area contributed by atoms with Crippen molar-refractivity contribution < 1.29 is 30.3 Å². The number of rotatable bonds is 4. The first-order valence-corrected chi connectivity index (χ1v) is 2.88. The van der Waals surface area contributed by atoms with Crippen LogP contribution in [-0.2, 0) is 4.79 Å². The lowest BCUT2D eigenvalue weighted by atomic mass is 10.1. The van der Waals surface area contributed by atoms with Gasteiger partial charge in [-0.15, -0.1) is 0 Å². The lowest BCUT2D eigenvalue weighted by molar-refractivity contribution is -0.159. The smallest absolute Gasteiger partial charge is 0.335 e. The second kappa shape index (κ2) is 4.24. The normalized spacial score (nSPS) is 18.9. The summed E-state index contributed by atoms with van der Waals surface area (Å²) in [6, 6.07) is 0. The Labute approximate surface area is 62.3 Å². The van der Waals surface area contributed by atoms with Crippen molar-refractivity contribution in [2.45, 2.75) is 18.3 Å². The summed E-state index contributed by atoms with van der Waals surface area (Å²) < 4.78 is 0. The van der Waals surface area contributed by atoms with Gasteiger partial charge in [-0.05, 0) is 0 Å². The quantitative estimate of drug-likeness (QED) is 0.306. The van der Waals surface area contributed by atoms with Crippen LogP contribution in [0.3, 0.4) is 0 Å². The highest BCUT2D eigenvalue weighted by atomic mass is 16.4. The topological polar surface area (TPSA) is 118 Å². The van der Waals surface area contributed by atoms with Gasteiger partial charge in [0.25, 0.3) is 0 Å². The number of carboxylic acid groups (broad SMARTS) is 1. The first-order chi connectivity index (χ1) is 5.00. The molecule has 0 heterocycles. The Morgan fingerprint density at radius 1 is 1.27 bits per heavy atom. The van der Waals surface area contributed by atoms with E-state index in [4.69, 9.17) is 25.5 Å². The fourth-order valence-electron chi connectivity index (χ4n) is 0.465. The molecule has 0 rings (SSSR count). The molecule has 6 nitrogen and oxygen atoms in total. The third-order valence-electron chi connectivity index (χ3n) is 1.16. The number of aliphatic hydroxyl groups excluding tert-OH is 4. The van der Waals surface area contributed by atoms with Crippen LogP contribution in [0, 0.1) is 0 Å². The molecule has 3 atom stereocenters. The summed E-state index contributed by atoms with van der Waals surface area (Å²) in [4.78, 5) is 9.96. The van der Waals surface area contributed by atoms with Crippen LogP contribution < -0.4 is 0 Å². The third-order valence-corrected chi connectivity index (χ3v) is 1.16. The van der Waals surface area contributed by atoms with E-state index >= 15 is 0 Å². The minimum absolute atomic E-state index is 0.800. The summed E-state index contributed by atoms with van der Waals surface area (Å²) in [5.41, 5.74) is 0. The van der Waals surface area contributed by atoms with E-state index in [2.05, 4.69) is 0 Å². The highest BCUT2D eigenvalue weighted by Gasteiger charge is 2.29. The van der Waals surface area contributed by atoms with Crippen LogP contribution in [0.2, 0.25) is 0 Å². The number of aliphatic carboxylic acids is 1. The van der Waals surface area contributed by atoms with E-state index in [1.807, 2.05) is 0 Å². The van der Waals surface area contributed by atoms with Crippen LogP contribution in [0.25, 0.3) is 0 Å². The first kappa shape index (κ1) is 10.3. The van der Waals surface area contributed by atoms with Crippen molar-refractivity contribution in [2.24, 2.45) is 0 Å². The fraction of sp³-hybridized carbons (Fsp3) is 0.800. The fourth-order valence-corrected chi connectivity index (χ4v) is 0.465. The van der Waals surface area contributed by atoms with Crippen molar-refractivity contribution in [3.05, 3.63) is 0 Å². The number of aliphatic hydroxyl groups is 4. The van der Waals surface area contributed by atoms with Gasteiger partial charge in [0.2, 0.25) is 0 Å². The molecule has 5 N–H and O–H groups in total. The molecular formula is C5H10O6. The van der Waals surface area contributed by atoms with Gasteiger partial charge in [0.15, 0.2) is 6.10 Å². The molecule has 11 heavy (non-hydrogen) atoms. The zero-order valence-corrected chi connectivity index (χ0v) is 5.58. The second-order valence-electron chi connectivity index (χ2n) is 2.02. The van der Waals surface area contributed by atoms with E-state index in [1.165, 1.54) is 0 Å². The van der Waals surface area contributed by atoms with Crippen LogP contribution in [0.5, 0.6) is 0 Å². The molecule has 66 valence electrons. The number of hydrogen-bond acceptors (Lipinski definition) is 5. The van der Waals surface area contributed by atoms with Gasteiger partial charge < -0.3 is 25.5 Å². The summed E-state index contributed by atoms with van der Waals surface area (Å²) in [7, 11) is 0. The zero-order chi connectivity index (χ0) is 9.02. The van der Waals surface area contributed by atoms with Crippen molar-refractivity contribution >= 4 is 5.97 Å². The largest absolute Gasteiger partial charge is 0.479 e. The van der Waals surface area contributed by atoms with E-state index in [-0.39, 0.29) is 0 Å². The van der Waals surface area contributed by atoms with Gasteiger partial charge in [-0.3, -0.25) is 0 Å². The Hall–Kier alpha value is -0.690. The highest BCUT2D eigenvalue weighted by molar-refractivity contribution is 5.72. The summed E-state index contributed by atoms with van der Waals surface area (Å²) in [5.74, 6) is -1.65. The van der Waals surface area contributed by atoms with E-state index in [1.54, 1.807) is 0 Å². The third kappa shape index (κ3) is 2.81. The Morgan fingerprint density at radius 2 is 1.73 bits per heavy atom. The number of carboxylic acids is 1. The molecule has 0 unspecified atom stereocenters. The van der Waals surface area contributed by atoms with Gasteiger partial charge in [0, 0.05) is 0 Å². The summed E-state index contributed by atoms with van der Waals surface area (Å²) in [6.07, 6.45) is -5.57. The second-order valence-corrected chi connectivity index (χ2v) is 2.02. The van der Waals surface area contributed by atoms with Crippen molar-refractivity contribution in [1.29, 1.82) is 0 Å². The van der Waals surface area contributed by atoms with E-state index < -0.39 is 30.9 Å². The Bertz CT molecular complexity index is 135. The lowest BCUT2D eigenvalue weighted by Gasteiger charge is -2.17. The predicted octanol–water partition coefficient (Wildman–Crippen LogP) is -2.85. The molecule has 0 aliphatic carbocycles. The molecule has 0 bridgehead atoms. The zero-order valence-electron chi connectivity index (χ0n) is 5.58. The van der Waals surface area contributed by atoms with E-state index in [0.29, 0.717) is 0 Å². The average molecular weight is 166 g/mol. The summed E-state index contributed by atoms with van der Waals surface area (Å²) in [6.45, 7) is -0.800. The van der Waals surface area contributed by atoms with Gasteiger partial charge in [-0.2, -0.15) is 0 Å². The van der Waals surface area contributed by atoms with Crippen LogP contribution in [0.15, 0.2) is 0 Å². The molecule has 0 aromatic carbocycles. The first-order valence-electron chi connectivity index (χ1n) is 2.88. The Balaban J connectivity index is 4.00. The Morgan fingerprint density at radius 3 is 2.00 bits per heavy atom. The maximum Gasteiger partial charge on any atom is 0.335 e. The van der Waals surface area contributed by atoms with Crippen molar-refractivity contribution in [3.63, 3.8) is 0 Å². The monoisotopic (exact) mass is 166 g/mol. The molecule has 0 radical (unpaired) electrons. The van der Waals surface area contributed by atoms with Gasteiger partial charge >= 0.3 is 5.97 Å². The van der Waals surface area contributed by atoms with Crippen LogP contribution in [0.1, 0.15) is 0 Å². The molecule has 0 spiro atoms. The van der Waals surface area contributed by atoms with Crippen molar-refractivity contribution in [3.8, 4) is 0 Å². The molecule has 0 amide bonds. The van der Waals surface area contributed by atoms with Crippen LogP contribution in [0.4, 0.5) is 0 Å². The van der Waals surface area contributed by atoms with Gasteiger partial charge in [0.1, 0.15) is 12.2 Å². The molecule has 0 fully saturated rings. The highest BCUT2D eigenvalue weighted by Crippen LogP contribution is 1.99. The van der Waals surface area contributed by atoms with Crippen LogP contribution >= 0.6 is 0 Å². The summed E-state index contributed by atoms with van der Waals surface area (Å²) >= 11 is 0. The molecule has 0 aliphatic heterocycles. The maximum absolute atomic E-state index is 9.96. The Kier molecular flexibility index (Phi) is 3.98. The number of carbonyl (C=O) groups is 1. The van der Waals surface area contributed by atoms with Gasteiger partial charge in [-0.1, -0.05) is 0 Å². The van der Waals surface area contributed by atoms with Crippen molar-refractivity contribution in [2.75, 3.05) is 6.61 Å². The SMILES string of the molecule is O=C(O)[C@@H](O)[C@@H](O)[C@@H](O)CO. The minimum atomic E-state index is -2.07. The van der Waals surface area contributed by atoms with E-state index in [9.17, 15) is 4.79 Å². The summed E-state index contributed by atoms with van der Waals surface area (Å²) in [5, 5.41) is 42.2. The lowest BCUT2D eigenvalue weighted by Crippen LogP contribution is -2.43. The molecule has 0 saturated heterocycles. The molecule has 0 aromatic heterocycles.